The van der Waals surface area contributed by atoms with Gasteiger partial charge in [0.15, 0.2) is 11.6 Å². The lowest BCUT2D eigenvalue weighted by molar-refractivity contribution is 0.101. The molecular weight excluding hydrogens is 263 g/mol. The smallest absolute Gasteiger partial charge is 0.295 e. The lowest BCUT2D eigenvalue weighted by Crippen LogP contribution is -2.16. The van der Waals surface area contributed by atoms with Crippen molar-refractivity contribution in [1.82, 2.24) is 15.2 Å². The Morgan fingerprint density at radius 2 is 2.10 bits per heavy atom. The van der Waals surface area contributed by atoms with Gasteiger partial charge in [0, 0.05) is 17.2 Å². The van der Waals surface area contributed by atoms with E-state index in [0.29, 0.717) is 5.82 Å². The third kappa shape index (κ3) is 2.93. The Morgan fingerprint density at radius 3 is 2.65 bits per heavy atom. The molecule has 2 aromatic rings. The maximum Gasteiger partial charge on any atom is 0.295 e. The number of H-pyrrole nitrogens is 1. The monoisotopic (exact) mass is 278 g/mol. The second kappa shape index (κ2) is 4.92. The molecule has 0 unspecified atom stereocenters. The molecule has 3 N–H and O–H groups in total. The number of carbonyl (C=O) groups excluding carboxylic acids is 1. The molecule has 1 heterocycles. The zero-order chi connectivity index (χ0) is 14.9. The molecule has 106 valence electrons. The topological polar surface area (TPSA) is 90.9 Å². The summed E-state index contributed by atoms with van der Waals surface area (Å²) < 4.78 is 13.2. The van der Waals surface area contributed by atoms with Gasteiger partial charge in [-0.1, -0.05) is 20.8 Å². The maximum absolute atomic E-state index is 13.2. The summed E-state index contributed by atoms with van der Waals surface area (Å²) in [7, 11) is 0. The summed E-state index contributed by atoms with van der Waals surface area (Å²) in [4.78, 5) is 16.0. The maximum atomic E-state index is 13.2. The first kappa shape index (κ1) is 14.0. The number of amides is 1. The molecule has 0 fully saturated rings. The molecule has 0 bridgehead atoms. The van der Waals surface area contributed by atoms with Crippen molar-refractivity contribution in [2.45, 2.75) is 26.2 Å². The number of benzene rings is 1. The van der Waals surface area contributed by atoms with E-state index in [-0.39, 0.29) is 16.9 Å². The fourth-order valence-electron chi connectivity index (χ4n) is 1.47. The minimum Gasteiger partial charge on any atom is -0.505 e. The second-order valence-electron chi connectivity index (χ2n) is 5.38. The van der Waals surface area contributed by atoms with Crippen molar-refractivity contribution in [3.63, 3.8) is 0 Å². The molecule has 0 aliphatic heterocycles. The van der Waals surface area contributed by atoms with Gasteiger partial charge in [-0.25, -0.2) is 9.37 Å². The molecule has 2 rings (SSSR count). The quantitative estimate of drug-likeness (QED) is 0.734. The predicted octanol–water partition coefficient (Wildman–Crippen LogP) is 2.20. The third-order valence-electron chi connectivity index (χ3n) is 2.60. The number of aromatic amines is 1. The third-order valence-corrected chi connectivity index (χ3v) is 2.60. The van der Waals surface area contributed by atoms with E-state index in [9.17, 15) is 9.18 Å². The van der Waals surface area contributed by atoms with E-state index >= 15 is 0 Å². The van der Waals surface area contributed by atoms with Crippen LogP contribution in [0, 0.1) is 5.82 Å². The highest BCUT2D eigenvalue weighted by atomic mass is 19.1. The molecule has 0 saturated heterocycles. The van der Waals surface area contributed by atoms with Gasteiger partial charge in [-0.05, 0) is 12.1 Å². The minimum atomic E-state index is -0.812. The average molecular weight is 278 g/mol. The van der Waals surface area contributed by atoms with Crippen molar-refractivity contribution in [2.75, 3.05) is 5.32 Å². The Morgan fingerprint density at radius 1 is 1.40 bits per heavy atom. The Balaban J connectivity index is 2.16. The molecule has 7 heteroatoms. The average Bonchev–Trinajstić information content (AvgIpc) is 2.83. The first-order valence-corrected chi connectivity index (χ1v) is 6.00. The van der Waals surface area contributed by atoms with Crippen LogP contribution in [0.2, 0.25) is 0 Å². The van der Waals surface area contributed by atoms with Crippen LogP contribution in [0.3, 0.4) is 0 Å². The predicted molar refractivity (Wildman–Crippen MR) is 71.1 cm³/mol. The molecule has 0 radical (unpaired) electrons. The normalized spacial score (nSPS) is 11.4. The van der Waals surface area contributed by atoms with E-state index in [1.54, 1.807) is 0 Å². The van der Waals surface area contributed by atoms with E-state index in [2.05, 4.69) is 20.5 Å². The Bertz CT molecular complexity index is 646. The van der Waals surface area contributed by atoms with E-state index in [1.807, 2.05) is 20.8 Å². The van der Waals surface area contributed by atoms with Crippen LogP contribution in [0.1, 0.15) is 37.2 Å². The molecule has 6 nitrogen and oxygen atoms in total. The number of phenolic OH excluding ortho intramolecular Hbond substituents is 1. The summed E-state index contributed by atoms with van der Waals surface area (Å²) in [5.74, 6) is -1.28. The number of aromatic nitrogens is 3. The van der Waals surface area contributed by atoms with Crippen LogP contribution in [-0.2, 0) is 5.41 Å². The van der Waals surface area contributed by atoms with Crippen LogP contribution in [0.4, 0.5) is 10.1 Å². The summed E-state index contributed by atoms with van der Waals surface area (Å²) in [6.45, 7) is 5.81. The van der Waals surface area contributed by atoms with Gasteiger partial charge in [0.25, 0.3) is 5.91 Å². The van der Waals surface area contributed by atoms with Crippen molar-refractivity contribution >= 4 is 11.6 Å². The standard InChI is InChI=1S/C13H15FN4O2/c1-13(2,3)12-16-10(17-18-12)11(20)15-7-4-5-9(19)8(14)6-7/h4-6,19H,1-3H3,(H,15,20)(H,16,17,18). The van der Waals surface area contributed by atoms with Crippen LogP contribution in [0.15, 0.2) is 18.2 Å². The lowest BCUT2D eigenvalue weighted by atomic mass is 9.96. The highest BCUT2D eigenvalue weighted by molar-refractivity contribution is 6.01. The van der Waals surface area contributed by atoms with Gasteiger partial charge in [0.05, 0.1) is 0 Å². The Kier molecular flexibility index (Phi) is 3.44. The van der Waals surface area contributed by atoms with Gasteiger partial charge in [-0.2, -0.15) is 0 Å². The van der Waals surface area contributed by atoms with Gasteiger partial charge in [0.1, 0.15) is 5.82 Å². The first-order valence-electron chi connectivity index (χ1n) is 6.00. The van der Waals surface area contributed by atoms with Crippen LogP contribution in [0.5, 0.6) is 5.75 Å². The largest absolute Gasteiger partial charge is 0.505 e. The summed E-state index contributed by atoms with van der Waals surface area (Å²) in [5.41, 5.74) is -0.0386. The zero-order valence-electron chi connectivity index (χ0n) is 11.4. The molecule has 1 aromatic heterocycles. The van der Waals surface area contributed by atoms with Crippen molar-refractivity contribution in [3.8, 4) is 5.75 Å². The number of aromatic hydroxyl groups is 1. The van der Waals surface area contributed by atoms with E-state index < -0.39 is 17.5 Å². The summed E-state index contributed by atoms with van der Waals surface area (Å²) in [6.07, 6.45) is 0. The van der Waals surface area contributed by atoms with Gasteiger partial charge < -0.3 is 10.4 Å². The van der Waals surface area contributed by atoms with E-state index in [1.165, 1.54) is 6.07 Å². The molecule has 0 saturated carbocycles. The van der Waals surface area contributed by atoms with Crippen LogP contribution >= 0.6 is 0 Å². The zero-order valence-corrected chi connectivity index (χ0v) is 11.4. The van der Waals surface area contributed by atoms with Crippen molar-refractivity contribution in [1.29, 1.82) is 0 Å². The molecule has 0 atom stereocenters. The van der Waals surface area contributed by atoms with E-state index in [0.717, 1.165) is 12.1 Å². The number of halogens is 1. The number of nitrogens with zero attached hydrogens (tertiary/aromatic N) is 2. The number of carbonyl (C=O) groups is 1. The molecule has 0 aliphatic carbocycles. The number of hydrogen-bond acceptors (Lipinski definition) is 4. The number of phenols is 1. The van der Waals surface area contributed by atoms with E-state index in [4.69, 9.17) is 5.11 Å². The van der Waals surface area contributed by atoms with Crippen molar-refractivity contribution in [3.05, 3.63) is 35.7 Å². The second-order valence-corrected chi connectivity index (χ2v) is 5.38. The Labute approximate surface area is 115 Å². The van der Waals surface area contributed by atoms with Gasteiger partial charge in [-0.15, -0.1) is 5.10 Å². The summed E-state index contributed by atoms with van der Waals surface area (Å²) in [6, 6.07) is 3.56. The number of hydrogen-bond donors (Lipinski definition) is 3. The fourth-order valence-corrected chi connectivity index (χ4v) is 1.47. The molecule has 0 spiro atoms. The molecular formula is C13H15FN4O2. The highest BCUT2D eigenvalue weighted by Gasteiger charge is 2.21. The number of nitrogens with one attached hydrogen (secondary N) is 2. The van der Waals surface area contributed by atoms with Crippen molar-refractivity contribution < 1.29 is 14.3 Å². The SMILES string of the molecule is CC(C)(C)c1nc(C(=O)Nc2ccc(O)c(F)c2)n[nH]1. The lowest BCUT2D eigenvalue weighted by Gasteiger charge is -2.12. The van der Waals surface area contributed by atoms with Gasteiger partial charge in [-0.3, -0.25) is 9.89 Å². The van der Waals surface area contributed by atoms with Crippen LogP contribution in [-0.4, -0.2) is 26.2 Å². The molecule has 20 heavy (non-hydrogen) atoms. The molecule has 1 aromatic carbocycles. The minimum absolute atomic E-state index is 0.0246. The number of anilines is 1. The van der Waals surface area contributed by atoms with Gasteiger partial charge >= 0.3 is 0 Å². The fraction of sp³-hybridized carbons (Fsp3) is 0.308. The Hall–Kier alpha value is -2.44. The summed E-state index contributed by atoms with van der Waals surface area (Å²) in [5, 5.41) is 18.1. The molecule has 1 amide bonds. The number of rotatable bonds is 2. The van der Waals surface area contributed by atoms with Crippen LogP contribution in [0.25, 0.3) is 0 Å². The molecule has 0 aliphatic rings. The first-order chi connectivity index (χ1) is 9.27. The summed E-state index contributed by atoms with van der Waals surface area (Å²) >= 11 is 0. The van der Waals surface area contributed by atoms with Crippen molar-refractivity contribution in [2.24, 2.45) is 0 Å². The highest BCUT2D eigenvalue weighted by Crippen LogP contribution is 2.20. The van der Waals surface area contributed by atoms with Crippen LogP contribution < -0.4 is 5.32 Å². The van der Waals surface area contributed by atoms with Gasteiger partial charge in [0.2, 0.25) is 5.82 Å².